The maximum atomic E-state index is 13.4. The summed E-state index contributed by atoms with van der Waals surface area (Å²) >= 11 is 3.00. The van der Waals surface area contributed by atoms with E-state index in [9.17, 15) is 9.90 Å². The lowest BCUT2D eigenvalue weighted by molar-refractivity contribution is -0.122. The number of carbonyl (C=O) groups excluding carboxylic acids is 1. The summed E-state index contributed by atoms with van der Waals surface area (Å²) in [5, 5.41) is 20.3. The second-order valence-corrected chi connectivity index (χ2v) is 8.91. The van der Waals surface area contributed by atoms with Crippen LogP contribution in [0.5, 0.6) is 11.5 Å². The highest BCUT2D eigenvalue weighted by Gasteiger charge is 2.37. The van der Waals surface area contributed by atoms with E-state index in [1.54, 1.807) is 0 Å². The Morgan fingerprint density at radius 3 is 2.27 bits per heavy atom. The third kappa shape index (κ3) is 3.23. The molecule has 1 aliphatic rings. The largest absolute Gasteiger partial charge is 0.457 e. The number of rotatable bonds is 5. The summed E-state index contributed by atoms with van der Waals surface area (Å²) in [5.41, 5.74) is 1.16. The number of thiophene rings is 2. The predicted molar refractivity (Wildman–Crippen MR) is 119 cm³/mol. The topological polar surface area (TPSA) is 58.6 Å². The van der Waals surface area contributed by atoms with Gasteiger partial charge in [0.2, 0.25) is 5.91 Å². The smallest absolute Gasteiger partial charge is 0.232 e. The number of aliphatic hydroxyl groups is 1. The molecule has 0 saturated heterocycles. The van der Waals surface area contributed by atoms with Crippen LogP contribution in [0.3, 0.4) is 0 Å². The van der Waals surface area contributed by atoms with Crippen molar-refractivity contribution >= 4 is 28.6 Å². The Morgan fingerprint density at radius 2 is 1.67 bits per heavy atom. The van der Waals surface area contributed by atoms with E-state index < -0.39 is 11.5 Å². The van der Waals surface area contributed by atoms with Crippen molar-refractivity contribution in [1.82, 2.24) is 5.32 Å². The summed E-state index contributed by atoms with van der Waals surface area (Å²) in [7, 11) is 0. The number of carbonyl (C=O) groups is 1. The maximum Gasteiger partial charge on any atom is 0.232 e. The van der Waals surface area contributed by atoms with Crippen LogP contribution < -0.4 is 10.1 Å². The Balaban J connectivity index is 1.47. The van der Waals surface area contributed by atoms with Gasteiger partial charge in [-0.1, -0.05) is 42.5 Å². The molecule has 4 nitrogen and oxygen atoms in total. The number of fused-ring (bicyclic) bond motifs is 2. The summed E-state index contributed by atoms with van der Waals surface area (Å²) < 4.78 is 5.99. The highest BCUT2D eigenvalue weighted by Crippen LogP contribution is 2.44. The average molecular weight is 434 g/mol. The summed E-state index contributed by atoms with van der Waals surface area (Å²) in [6, 6.07) is 20.9. The Morgan fingerprint density at radius 1 is 0.967 bits per heavy atom. The monoisotopic (exact) mass is 433 g/mol. The van der Waals surface area contributed by atoms with Crippen molar-refractivity contribution in [2.75, 3.05) is 6.54 Å². The lowest BCUT2D eigenvalue weighted by Crippen LogP contribution is -2.43. The Labute approximate surface area is 182 Å². The zero-order valence-corrected chi connectivity index (χ0v) is 17.6. The first kappa shape index (κ1) is 19.1. The number of nitrogens with one attached hydrogen (secondary N) is 1. The molecule has 4 aromatic rings. The van der Waals surface area contributed by atoms with Crippen LogP contribution in [0.15, 0.2) is 82.9 Å². The van der Waals surface area contributed by atoms with Crippen molar-refractivity contribution in [3.63, 3.8) is 0 Å². The third-order valence-corrected chi connectivity index (χ3v) is 7.09. The molecular weight excluding hydrogens is 414 g/mol. The fourth-order valence-corrected chi connectivity index (χ4v) is 5.42. The number of para-hydroxylation sites is 2. The molecule has 0 saturated carbocycles. The van der Waals surface area contributed by atoms with Crippen molar-refractivity contribution in [3.8, 4) is 11.5 Å². The number of amides is 1. The minimum atomic E-state index is -1.27. The van der Waals surface area contributed by atoms with Crippen LogP contribution in [0.25, 0.3) is 0 Å². The first-order valence-electron chi connectivity index (χ1n) is 9.59. The van der Waals surface area contributed by atoms with Gasteiger partial charge in [0.25, 0.3) is 0 Å². The van der Waals surface area contributed by atoms with Gasteiger partial charge >= 0.3 is 0 Å². The van der Waals surface area contributed by atoms with E-state index in [0.29, 0.717) is 11.5 Å². The molecule has 2 aromatic carbocycles. The van der Waals surface area contributed by atoms with Crippen LogP contribution in [0, 0.1) is 0 Å². The van der Waals surface area contributed by atoms with Gasteiger partial charge in [0.15, 0.2) is 0 Å². The SMILES string of the molecule is O=C(NCC(O)(c1ccsc1)c1cccs1)C1c2ccccc2Oc2ccccc21. The lowest BCUT2D eigenvalue weighted by Gasteiger charge is -2.30. The highest BCUT2D eigenvalue weighted by atomic mass is 32.1. The van der Waals surface area contributed by atoms with Gasteiger partial charge in [0.1, 0.15) is 17.1 Å². The Hall–Kier alpha value is -2.93. The molecule has 150 valence electrons. The molecule has 1 aliphatic heterocycles. The van der Waals surface area contributed by atoms with E-state index in [0.717, 1.165) is 21.6 Å². The maximum absolute atomic E-state index is 13.4. The molecule has 3 heterocycles. The van der Waals surface area contributed by atoms with E-state index in [1.807, 2.05) is 82.9 Å². The van der Waals surface area contributed by atoms with Crippen LogP contribution >= 0.6 is 22.7 Å². The molecule has 1 atom stereocenters. The van der Waals surface area contributed by atoms with Gasteiger partial charge < -0.3 is 15.2 Å². The second kappa shape index (κ2) is 7.72. The van der Waals surface area contributed by atoms with E-state index in [-0.39, 0.29) is 12.5 Å². The van der Waals surface area contributed by atoms with Crippen LogP contribution in [0.2, 0.25) is 0 Å². The molecule has 0 bridgehead atoms. The summed E-state index contributed by atoms with van der Waals surface area (Å²) in [5.74, 6) is 0.704. The number of benzene rings is 2. The molecular formula is C24H19NO3S2. The lowest BCUT2D eigenvalue weighted by atomic mass is 9.86. The van der Waals surface area contributed by atoms with Crippen LogP contribution in [0.4, 0.5) is 0 Å². The van der Waals surface area contributed by atoms with Gasteiger partial charge in [-0.2, -0.15) is 11.3 Å². The highest BCUT2D eigenvalue weighted by molar-refractivity contribution is 7.10. The zero-order valence-electron chi connectivity index (χ0n) is 15.9. The molecule has 6 heteroatoms. The van der Waals surface area contributed by atoms with E-state index in [4.69, 9.17) is 4.74 Å². The number of hydrogen-bond acceptors (Lipinski definition) is 5. The van der Waals surface area contributed by atoms with Gasteiger partial charge in [-0.15, -0.1) is 11.3 Å². The van der Waals surface area contributed by atoms with Crippen LogP contribution in [0.1, 0.15) is 27.5 Å². The average Bonchev–Trinajstić information content (AvgIpc) is 3.50. The minimum absolute atomic E-state index is 0.0881. The van der Waals surface area contributed by atoms with Crippen molar-refractivity contribution in [1.29, 1.82) is 0 Å². The van der Waals surface area contributed by atoms with E-state index in [1.165, 1.54) is 22.7 Å². The van der Waals surface area contributed by atoms with Crippen molar-refractivity contribution < 1.29 is 14.6 Å². The molecule has 2 N–H and O–H groups in total. The second-order valence-electron chi connectivity index (χ2n) is 7.18. The van der Waals surface area contributed by atoms with Crippen molar-refractivity contribution in [2.45, 2.75) is 11.5 Å². The summed E-state index contributed by atoms with van der Waals surface area (Å²) in [4.78, 5) is 14.2. The van der Waals surface area contributed by atoms with Crippen LogP contribution in [-0.4, -0.2) is 17.6 Å². The molecule has 30 heavy (non-hydrogen) atoms. The predicted octanol–water partition coefficient (Wildman–Crippen LogP) is 5.10. The Kier molecular flexibility index (Phi) is 4.90. The summed E-state index contributed by atoms with van der Waals surface area (Å²) in [6.45, 7) is 0.0881. The summed E-state index contributed by atoms with van der Waals surface area (Å²) in [6.07, 6.45) is 0. The zero-order chi connectivity index (χ0) is 20.6. The van der Waals surface area contributed by atoms with Gasteiger partial charge in [-0.25, -0.2) is 0 Å². The van der Waals surface area contributed by atoms with Gasteiger partial charge in [-0.3, -0.25) is 4.79 Å². The molecule has 0 radical (unpaired) electrons. The van der Waals surface area contributed by atoms with E-state index >= 15 is 0 Å². The molecule has 0 spiro atoms. The molecule has 2 aromatic heterocycles. The van der Waals surface area contributed by atoms with Gasteiger partial charge in [0, 0.05) is 21.6 Å². The number of hydrogen-bond donors (Lipinski definition) is 2. The molecule has 0 fully saturated rings. The van der Waals surface area contributed by atoms with Gasteiger partial charge in [0.05, 0.1) is 12.5 Å². The van der Waals surface area contributed by atoms with Crippen molar-refractivity contribution in [3.05, 3.63) is 104 Å². The van der Waals surface area contributed by atoms with E-state index in [2.05, 4.69) is 5.32 Å². The Bertz CT molecular complexity index is 1090. The fraction of sp³-hybridized carbons (Fsp3) is 0.125. The first-order chi connectivity index (χ1) is 14.7. The fourth-order valence-electron chi connectivity index (χ4n) is 3.85. The minimum Gasteiger partial charge on any atom is -0.457 e. The standard InChI is InChI=1S/C24H19NO3S2/c26-23(25-15-24(27,16-11-13-29-14-16)21-10-5-12-30-21)22-17-6-1-3-8-19(17)28-20-9-4-2-7-18(20)22/h1-14,22,27H,15H2,(H,25,26). The van der Waals surface area contributed by atoms with Crippen LogP contribution in [-0.2, 0) is 10.4 Å². The normalized spacial score (nSPS) is 14.8. The molecule has 1 amide bonds. The van der Waals surface area contributed by atoms with Crippen molar-refractivity contribution in [2.24, 2.45) is 0 Å². The molecule has 5 rings (SSSR count). The molecule has 1 unspecified atom stereocenters. The van der Waals surface area contributed by atoms with Gasteiger partial charge in [-0.05, 0) is 40.4 Å². The number of ether oxygens (including phenoxy) is 1. The quantitative estimate of drug-likeness (QED) is 0.460. The molecule has 0 aliphatic carbocycles. The third-order valence-electron chi connectivity index (χ3n) is 5.39. The first-order valence-corrected chi connectivity index (χ1v) is 11.4.